The lowest BCUT2D eigenvalue weighted by Gasteiger charge is -2.29. The molecule has 2 amide bonds. The SMILES string of the molecule is COCCCNC(=O)Nc1ccc(N2CCOCC2)cc1C(F)(F)F. The quantitative estimate of drug-likeness (QED) is 0.765. The van der Waals surface area contributed by atoms with Gasteiger partial charge in [-0.3, -0.25) is 0 Å². The molecule has 1 aliphatic rings. The van der Waals surface area contributed by atoms with E-state index in [0.717, 1.165) is 6.07 Å². The normalized spacial score (nSPS) is 15.1. The molecule has 1 heterocycles. The summed E-state index contributed by atoms with van der Waals surface area (Å²) in [4.78, 5) is 13.6. The van der Waals surface area contributed by atoms with Gasteiger partial charge in [0.15, 0.2) is 0 Å². The molecule has 25 heavy (non-hydrogen) atoms. The molecular weight excluding hydrogens is 339 g/mol. The van der Waals surface area contributed by atoms with Crippen molar-refractivity contribution >= 4 is 17.4 Å². The third-order valence-corrected chi connectivity index (χ3v) is 3.74. The minimum Gasteiger partial charge on any atom is -0.385 e. The highest BCUT2D eigenvalue weighted by atomic mass is 19.4. The third-order valence-electron chi connectivity index (χ3n) is 3.74. The molecule has 0 unspecified atom stereocenters. The van der Waals surface area contributed by atoms with E-state index in [1.165, 1.54) is 13.2 Å². The van der Waals surface area contributed by atoms with Crippen molar-refractivity contribution in [3.8, 4) is 0 Å². The van der Waals surface area contributed by atoms with Gasteiger partial charge in [-0.1, -0.05) is 0 Å². The Morgan fingerprint density at radius 3 is 2.68 bits per heavy atom. The first kappa shape index (κ1) is 19.3. The molecule has 1 aromatic carbocycles. The van der Waals surface area contributed by atoms with Crippen molar-refractivity contribution in [1.82, 2.24) is 5.32 Å². The highest BCUT2D eigenvalue weighted by molar-refractivity contribution is 5.90. The van der Waals surface area contributed by atoms with Gasteiger partial charge < -0.3 is 25.0 Å². The molecule has 0 spiro atoms. The Labute approximate surface area is 144 Å². The number of amides is 2. The van der Waals surface area contributed by atoms with Gasteiger partial charge >= 0.3 is 12.2 Å². The summed E-state index contributed by atoms with van der Waals surface area (Å²) >= 11 is 0. The van der Waals surface area contributed by atoms with Crippen LogP contribution >= 0.6 is 0 Å². The molecule has 1 saturated heterocycles. The predicted octanol–water partition coefficient (Wildman–Crippen LogP) is 2.70. The van der Waals surface area contributed by atoms with Crippen molar-refractivity contribution in [2.75, 3.05) is 56.8 Å². The average molecular weight is 361 g/mol. The smallest absolute Gasteiger partial charge is 0.385 e. The molecule has 1 aromatic rings. The van der Waals surface area contributed by atoms with Crippen LogP contribution in [0.1, 0.15) is 12.0 Å². The van der Waals surface area contributed by atoms with Crippen LogP contribution in [0, 0.1) is 0 Å². The van der Waals surface area contributed by atoms with E-state index in [-0.39, 0.29) is 5.69 Å². The Hall–Kier alpha value is -2.00. The molecule has 0 bridgehead atoms. The number of urea groups is 1. The zero-order valence-electron chi connectivity index (χ0n) is 14.0. The number of alkyl halides is 3. The van der Waals surface area contributed by atoms with Crippen LogP contribution in [0.5, 0.6) is 0 Å². The van der Waals surface area contributed by atoms with Crippen molar-refractivity contribution in [1.29, 1.82) is 0 Å². The summed E-state index contributed by atoms with van der Waals surface area (Å²) in [7, 11) is 1.53. The van der Waals surface area contributed by atoms with E-state index in [1.54, 1.807) is 6.07 Å². The number of halogens is 3. The molecule has 2 N–H and O–H groups in total. The largest absolute Gasteiger partial charge is 0.418 e. The second-order valence-corrected chi connectivity index (χ2v) is 5.55. The molecule has 1 fully saturated rings. The van der Waals surface area contributed by atoms with Crippen LogP contribution in [0.15, 0.2) is 18.2 Å². The summed E-state index contributed by atoms with van der Waals surface area (Å²) in [6, 6.07) is 3.23. The van der Waals surface area contributed by atoms with E-state index < -0.39 is 17.8 Å². The first-order chi connectivity index (χ1) is 11.9. The van der Waals surface area contributed by atoms with Gasteiger partial charge in [-0.15, -0.1) is 0 Å². The molecular formula is C16H22F3N3O3. The zero-order chi connectivity index (χ0) is 18.3. The summed E-state index contributed by atoms with van der Waals surface area (Å²) in [6.07, 6.45) is -3.99. The number of nitrogens with zero attached hydrogens (tertiary/aromatic N) is 1. The molecule has 0 aromatic heterocycles. The Kier molecular flexibility index (Phi) is 6.89. The molecule has 2 rings (SSSR count). The van der Waals surface area contributed by atoms with Crippen LogP contribution in [0.25, 0.3) is 0 Å². The summed E-state index contributed by atoms with van der Waals surface area (Å²) in [6.45, 7) is 2.79. The highest BCUT2D eigenvalue weighted by Crippen LogP contribution is 2.37. The Balaban J connectivity index is 2.10. The van der Waals surface area contributed by atoms with Crippen LogP contribution in [-0.4, -0.2) is 52.6 Å². The van der Waals surface area contributed by atoms with Crippen molar-refractivity contribution in [3.05, 3.63) is 23.8 Å². The van der Waals surface area contributed by atoms with Crippen molar-refractivity contribution in [2.45, 2.75) is 12.6 Å². The number of carbonyl (C=O) groups is 1. The fourth-order valence-corrected chi connectivity index (χ4v) is 2.48. The van der Waals surface area contributed by atoms with Gasteiger partial charge in [0, 0.05) is 39.0 Å². The van der Waals surface area contributed by atoms with Gasteiger partial charge in [0.25, 0.3) is 0 Å². The monoisotopic (exact) mass is 361 g/mol. The summed E-state index contributed by atoms with van der Waals surface area (Å²) in [5.41, 5.74) is -0.682. The number of methoxy groups -OCH3 is 1. The minimum absolute atomic E-state index is 0.270. The minimum atomic E-state index is -4.57. The Bertz CT molecular complexity index is 575. The summed E-state index contributed by atoms with van der Waals surface area (Å²) in [5, 5.41) is 4.77. The maximum atomic E-state index is 13.4. The van der Waals surface area contributed by atoms with Gasteiger partial charge in [-0.05, 0) is 24.6 Å². The average Bonchev–Trinajstić information content (AvgIpc) is 2.59. The lowest BCUT2D eigenvalue weighted by Crippen LogP contribution is -2.36. The maximum absolute atomic E-state index is 13.4. The second-order valence-electron chi connectivity index (χ2n) is 5.55. The number of anilines is 2. The van der Waals surface area contributed by atoms with Crippen LogP contribution in [0.2, 0.25) is 0 Å². The topological polar surface area (TPSA) is 62.8 Å². The molecule has 0 aliphatic carbocycles. The molecule has 140 valence electrons. The molecule has 0 saturated carbocycles. The van der Waals surface area contributed by atoms with E-state index in [2.05, 4.69) is 10.6 Å². The van der Waals surface area contributed by atoms with Gasteiger partial charge in [-0.2, -0.15) is 13.2 Å². The Morgan fingerprint density at radius 1 is 1.32 bits per heavy atom. The molecule has 0 radical (unpaired) electrons. The number of ether oxygens (including phenoxy) is 2. The van der Waals surface area contributed by atoms with E-state index in [9.17, 15) is 18.0 Å². The zero-order valence-corrected chi connectivity index (χ0v) is 14.0. The number of carbonyl (C=O) groups excluding carboxylic acids is 1. The van der Waals surface area contributed by atoms with E-state index in [4.69, 9.17) is 9.47 Å². The Morgan fingerprint density at radius 2 is 2.04 bits per heavy atom. The molecule has 6 nitrogen and oxygen atoms in total. The number of benzene rings is 1. The first-order valence-corrected chi connectivity index (χ1v) is 7.99. The van der Waals surface area contributed by atoms with E-state index >= 15 is 0 Å². The predicted molar refractivity (Wildman–Crippen MR) is 88.0 cm³/mol. The van der Waals surface area contributed by atoms with Crippen LogP contribution < -0.4 is 15.5 Å². The van der Waals surface area contributed by atoms with Gasteiger partial charge in [-0.25, -0.2) is 4.79 Å². The van der Waals surface area contributed by atoms with Crippen molar-refractivity contribution < 1.29 is 27.4 Å². The maximum Gasteiger partial charge on any atom is 0.418 e. The van der Waals surface area contributed by atoms with E-state index in [1.807, 2.05) is 4.90 Å². The number of hydrogen-bond acceptors (Lipinski definition) is 4. The van der Waals surface area contributed by atoms with Gasteiger partial charge in [0.1, 0.15) is 0 Å². The number of morpholine rings is 1. The summed E-state index contributed by atoms with van der Waals surface area (Å²) < 4.78 is 50.2. The molecule has 0 atom stereocenters. The lowest BCUT2D eigenvalue weighted by molar-refractivity contribution is -0.136. The van der Waals surface area contributed by atoms with E-state index in [0.29, 0.717) is 51.6 Å². The number of hydrogen-bond donors (Lipinski definition) is 2. The van der Waals surface area contributed by atoms with Gasteiger partial charge in [0.2, 0.25) is 0 Å². The highest BCUT2D eigenvalue weighted by Gasteiger charge is 2.34. The van der Waals surface area contributed by atoms with Crippen LogP contribution in [0.3, 0.4) is 0 Å². The fourth-order valence-electron chi connectivity index (χ4n) is 2.48. The van der Waals surface area contributed by atoms with Crippen LogP contribution in [0.4, 0.5) is 29.3 Å². The van der Waals surface area contributed by atoms with Crippen molar-refractivity contribution in [3.63, 3.8) is 0 Å². The number of rotatable bonds is 6. The second kappa shape index (κ2) is 8.91. The standard InChI is InChI=1S/C16H22F3N3O3/c1-24-8-2-5-20-15(23)21-14-4-3-12(11-13(14)16(17,18)19)22-6-9-25-10-7-22/h3-4,11H,2,5-10H2,1H3,(H2,20,21,23). The molecule has 1 aliphatic heterocycles. The van der Waals surface area contributed by atoms with Gasteiger partial charge in [0.05, 0.1) is 24.5 Å². The summed E-state index contributed by atoms with van der Waals surface area (Å²) in [5.74, 6) is 0. The molecule has 9 heteroatoms. The van der Waals surface area contributed by atoms with Crippen LogP contribution in [-0.2, 0) is 15.7 Å². The number of nitrogens with one attached hydrogen (secondary N) is 2. The first-order valence-electron chi connectivity index (χ1n) is 7.99. The fraction of sp³-hybridized carbons (Fsp3) is 0.562. The lowest BCUT2D eigenvalue weighted by atomic mass is 10.1. The van der Waals surface area contributed by atoms with Crippen molar-refractivity contribution in [2.24, 2.45) is 0 Å². The third kappa shape index (κ3) is 5.79.